The third-order valence-electron chi connectivity index (χ3n) is 4.71. The number of ketones is 1. The van der Waals surface area contributed by atoms with E-state index in [1.165, 1.54) is 48.2 Å². The van der Waals surface area contributed by atoms with Crippen molar-refractivity contribution in [1.82, 2.24) is 4.98 Å². The summed E-state index contributed by atoms with van der Waals surface area (Å²) in [6.45, 7) is 1.40. The minimum absolute atomic E-state index is 0.133. The molecule has 9 heteroatoms. The summed E-state index contributed by atoms with van der Waals surface area (Å²) < 4.78 is 11.1. The van der Waals surface area contributed by atoms with Crippen molar-refractivity contribution in [2.24, 2.45) is 10.9 Å². The minimum atomic E-state index is -1.52. The number of aryl methyl sites for hydroxylation is 2. The van der Waals surface area contributed by atoms with Crippen molar-refractivity contribution in [2.75, 3.05) is 5.32 Å². The van der Waals surface area contributed by atoms with E-state index in [1.54, 1.807) is 0 Å². The summed E-state index contributed by atoms with van der Waals surface area (Å²) in [5.41, 5.74) is 11.8. The number of primary amides is 1. The third-order valence-corrected chi connectivity index (χ3v) is 6.84. The van der Waals surface area contributed by atoms with Crippen molar-refractivity contribution in [1.29, 1.82) is 0 Å². The normalized spacial score (nSPS) is 15.3. The first-order valence-electron chi connectivity index (χ1n) is 8.72. The van der Waals surface area contributed by atoms with E-state index in [0.717, 1.165) is 42.7 Å². The number of rotatable bonds is 3. The van der Waals surface area contributed by atoms with Crippen LogP contribution in [0.5, 0.6) is 0 Å². The van der Waals surface area contributed by atoms with E-state index in [4.69, 9.17) is 10.9 Å². The highest BCUT2D eigenvalue weighted by Crippen LogP contribution is 2.38. The SMILES string of the molecule is CC(=O)c1ncc(S(N)=O)s1.NC(=O)Nc1c2c(cc3c1CCC3)CCC2. The van der Waals surface area contributed by atoms with Gasteiger partial charge in [-0.3, -0.25) is 4.79 Å². The molecule has 27 heavy (non-hydrogen) atoms. The maximum atomic E-state index is 11.1. The fraction of sp³-hybridized carbons (Fsp3) is 0.389. The number of thiazole rings is 1. The van der Waals surface area contributed by atoms with Gasteiger partial charge in [0.2, 0.25) is 0 Å². The van der Waals surface area contributed by atoms with Gasteiger partial charge >= 0.3 is 6.03 Å². The number of amides is 2. The maximum absolute atomic E-state index is 11.1. The number of benzene rings is 1. The lowest BCUT2D eigenvalue weighted by molar-refractivity contribution is 0.101. The summed E-state index contributed by atoms with van der Waals surface area (Å²) in [6, 6.07) is 1.91. The lowest BCUT2D eigenvalue weighted by Crippen LogP contribution is -2.21. The van der Waals surface area contributed by atoms with Crippen LogP contribution in [0.15, 0.2) is 16.5 Å². The van der Waals surface area contributed by atoms with Gasteiger partial charge in [0, 0.05) is 12.6 Å². The van der Waals surface area contributed by atoms with E-state index in [9.17, 15) is 13.8 Å². The highest BCUT2D eigenvalue weighted by Gasteiger charge is 2.24. The Balaban J connectivity index is 0.000000168. The third kappa shape index (κ3) is 4.42. The molecule has 1 unspecified atom stereocenters. The van der Waals surface area contributed by atoms with Gasteiger partial charge in [0.15, 0.2) is 10.8 Å². The van der Waals surface area contributed by atoms with E-state index in [-0.39, 0.29) is 5.78 Å². The summed E-state index contributed by atoms with van der Waals surface area (Å²) in [7, 11) is -1.52. The van der Waals surface area contributed by atoms with Crippen LogP contribution in [0.2, 0.25) is 0 Å². The summed E-state index contributed by atoms with van der Waals surface area (Å²) >= 11 is 1.06. The van der Waals surface area contributed by atoms with Gasteiger partial charge in [0.1, 0.15) is 15.2 Å². The second kappa shape index (κ2) is 8.28. The van der Waals surface area contributed by atoms with Crippen molar-refractivity contribution < 1.29 is 13.8 Å². The minimum Gasteiger partial charge on any atom is -0.351 e. The van der Waals surface area contributed by atoms with Gasteiger partial charge in [0.25, 0.3) is 0 Å². The average molecular weight is 407 g/mol. The number of carbonyl (C=O) groups is 2. The highest BCUT2D eigenvalue weighted by atomic mass is 32.2. The molecule has 2 amide bonds. The molecule has 1 aromatic heterocycles. The number of nitrogens with two attached hydrogens (primary N) is 2. The zero-order chi connectivity index (χ0) is 19.6. The molecule has 1 heterocycles. The van der Waals surface area contributed by atoms with Crippen molar-refractivity contribution >= 4 is 39.8 Å². The monoisotopic (exact) mass is 406 g/mol. The molecule has 0 fully saturated rings. The smallest absolute Gasteiger partial charge is 0.316 e. The molecule has 144 valence electrons. The zero-order valence-corrected chi connectivity index (χ0v) is 16.7. The number of urea groups is 1. The number of anilines is 1. The van der Waals surface area contributed by atoms with Gasteiger partial charge < -0.3 is 11.1 Å². The van der Waals surface area contributed by atoms with Crippen LogP contribution in [0.3, 0.4) is 0 Å². The number of hydrogen-bond donors (Lipinski definition) is 3. The fourth-order valence-electron chi connectivity index (χ4n) is 3.61. The molecule has 4 rings (SSSR count). The highest BCUT2D eigenvalue weighted by molar-refractivity contribution is 7.85. The topological polar surface area (TPSA) is 128 Å². The lowest BCUT2D eigenvalue weighted by atomic mass is 9.99. The first-order valence-corrected chi connectivity index (χ1v) is 10.8. The van der Waals surface area contributed by atoms with Crippen LogP contribution in [-0.2, 0) is 36.7 Å². The molecule has 2 aliphatic rings. The van der Waals surface area contributed by atoms with Crippen LogP contribution in [0.25, 0.3) is 0 Å². The molecule has 0 spiro atoms. The molecular weight excluding hydrogens is 384 g/mol. The van der Waals surface area contributed by atoms with Crippen LogP contribution >= 0.6 is 11.3 Å². The Bertz CT molecular complexity index is 863. The average Bonchev–Trinajstić information content (AvgIpc) is 3.34. The molecule has 0 bridgehead atoms. The van der Waals surface area contributed by atoms with Crippen molar-refractivity contribution in [3.63, 3.8) is 0 Å². The first-order chi connectivity index (χ1) is 12.9. The summed E-state index contributed by atoms with van der Waals surface area (Å²) in [4.78, 5) is 25.5. The Morgan fingerprint density at radius 2 is 1.74 bits per heavy atom. The number of carbonyl (C=O) groups excluding carboxylic acids is 2. The Morgan fingerprint density at radius 3 is 2.15 bits per heavy atom. The summed E-state index contributed by atoms with van der Waals surface area (Å²) in [5.74, 6) is -0.133. The number of Topliss-reactive ketones (excluding diaryl/α,β-unsaturated/α-hetero) is 1. The van der Waals surface area contributed by atoms with Crippen molar-refractivity contribution in [2.45, 2.75) is 49.7 Å². The Kier molecular flexibility index (Phi) is 6.03. The molecule has 2 aliphatic carbocycles. The number of hydrogen-bond acceptors (Lipinski definition) is 5. The summed E-state index contributed by atoms with van der Waals surface area (Å²) in [5, 5.41) is 8.25. The molecule has 1 atom stereocenters. The Labute approximate surface area is 164 Å². The zero-order valence-electron chi connectivity index (χ0n) is 15.0. The lowest BCUT2D eigenvalue weighted by Gasteiger charge is -2.14. The Hall–Kier alpha value is -2.10. The predicted octanol–water partition coefficient (Wildman–Crippen LogP) is 2.48. The van der Waals surface area contributed by atoms with Gasteiger partial charge in [0.05, 0.1) is 6.20 Å². The molecule has 5 N–H and O–H groups in total. The largest absolute Gasteiger partial charge is 0.351 e. The van der Waals surface area contributed by atoms with E-state index in [1.807, 2.05) is 0 Å². The van der Waals surface area contributed by atoms with E-state index >= 15 is 0 Å². The van der Waals surface area contributed by atoms with Crippen LogP contribution in [0.4, 0.5) is 10.5 Å². The predicted molar refractivity (Wildman–Crippen MR) is 106 cm³/mol. The Morgan fingerprint density at radius 1 is 1.15 bits per heavy atom. The molecule has 0 saturated carbocycles. The van der Waals surface area contributed by atoms with Gasteiger partial charge in [-0.1, -0.05) is 6.07 Å². The second-order valence-electron chi connectivity index (χ2n) is 6.56. The molecule has 0 saturated heterocycles. The van der Waals surface area contributed by atoms with Crippen LogP contribution in [-0.4, -0.2) is 21.0 Å². The first kappa shape index (κ1) is 19.7. The van der Waals surface area contributed by atoms with Crippen LogP contribution in [0.1, 0.15) is 51.8 Å². The van der Waals surface area contributed by atoms with Crippen LogP contribution < -0.4 is 16.2 Å². The van der Waals surface area contributed by atoms with E-state index in [0.29, 0.717) is 9.22 Å². The van der Waals surface area contributed by atoms with Crippen molar-refractivity contribution in [3.05, 3.63) is 39.5 Å². The van der Waals surface area contributed by atoms with Crippen molar-refractivity contribution in [3.8, 4) is 0 Å². The molecular formula is C18H22N4O3S2. The number of fused-ring (bicyclic) bond motifs is 2. The van der Waals surface area contributed by atoms with Gasteiger partial charge in [-0.25, -0.2) is 19.1 Å². The molecule has 1 aromatic carbocycles. The van der Waals surface area contributed by atoms with E-state index in [2.05, 4.69) is 16.4 Å². The second-order valence-corrected chi connectivity index (χ2v) is 8.89. The quantitative estimate of drug-likeness (QED) is 0.676. The number of nitrogens with one attached hydrogen (secondary N) is 1. The molecule has 0 aliphatic heterocycles. The molecule has 2 aromatic rings. The van der Waals surface area contributed by atoms with Crippen LogP contribution in [0, 0.1) is 0 Å². The van der Waals surface area contributed by atoms with Gasteiger partial charge in [-0.15, -0.1) is 11.3 Å². The van der Waals surface area contributed by atoms with Gasteiger partial charge in [-0.2, -0.15) is 0 Å². The standard InChI is InChI=1S/C13H16N2O.C5H6N2O2S2/c14-13(16)15-12-10-5-1-3-8(10)7-9-4-2-6-11(9)12;1-3(8)5-7-2-4(10-5)11(6)9/h7H,1-6H2,(H3,14,15,16);2H,6H2,1H3. The number of nitrogens with zero attached hydrogens (tertiary/aromatic N) is 1. The fourth-order valence-corrected chi connectivity index (χ4v) is 4.87. The van der Waals surface area contributed by atoms with Gasteiger partial charge in [-0.05, 0) is 60.8 Å². The maximum Gasteiger partial charge on any atom is 0.316 e. The number of aromatic nitrogens is 1. The molecule has 7 nitrogen and oxygen atoms in total. The van der Waals surface area contributed by atoms with E-state index < -0.39 is 17.0 Å². The summed E-state index contributed by atoms with van der Waals surface area (Å²) in [6.07, 6.45) is 8.22. The molecule has 0 radical (unpaired) electrons.